The Morgan fingerprint density at radius 3 is 2.62 bits per heavy atom. The van der Waals surface area contributed by atoms with E-state index in [-0.39, 0.29) is 0 Å². The molecule has 0 aromatic heterocycles. The van der Waals surface area contributed by atoms with Gasteiger partial charge in [-0.25, -0.2) is 0 Å². The molecular formula is C19H25N3OS. The summed E-state index contributed by atoms with van der Waals surface area (Å²) < 4.78 is 5.23. The van der Waals surface area contributed by atoms with Crippen molar-refractivity contribution in [3.8, 4) is 5.75 Å². The zero-order chi connectivity index (χ0) is 17.3. The molecule has 0 radical (unpaired) electrons. The smallest absolute Gasteiger partial charge is 0.186 e. The van der Waals surface area contributed by atoms with E-state index in [1.54, 1.807) is 14.2 Å². The van der Waals surface area contributed by atoms with Crippen LogP contribution in [0.2, 0.25) is 0 Å². The molecule has 0 aliphatic heterocycles. The lowest BCUT2D eigenvalue weighted by atomic mass is 9.47. The van der Waals surface area contributed by atoms with Gasteiger partial charge in [0.25, 0.3) is 0 Å². The average molecular weight is 343 g/mol. The molecule has 24 heavy (non-hydrogen) atoms. The van der Waals surface area contributed by atoms with E-state index >= 15 is 0 Å². The monoisotopic (exact) mass is 343 g/mol. The molecule has 0 heterocycles. The number of hydrogen-bond donors (Lipinski definition) is 2. The van der Waals surface area contributed by atoms with Gasteiger partial charge in [-0.15, -0.1) is 0 Å². The number of allylic oxidation sites excluding steroid dienone is 1. The summed E-state index contributed by atoms with van der Waals surface area (Å²) in [5.74, 6) is 2.11. The zero-order valence-electron chi connectivity index (χ0n) is 14.7. The van der Waals surface area contributed by atoms with E-state index in [0.29, 0.717) is 16.4 Å². The van der Waals surface area contributed by atoms with Crippen LogP contribution in [0.1, 0.15) is 32.3 Å². The fourth-order valence-electron chi connectivity index (χ4n) is 3.77. The van der Waals surface area contributed by atoms with Crippen LogP contribution in [0.3, 0.4) is 0 Å². The van der Waals surface area contributed by atoms with Crippen LogP contribution in [0.25, 0.3) is 6.08 Å². The first-order chi connectivity index (χ1) is 11.5. The van der Waals surface area contributed by atoms with Crippen molar-refractivity contribution in [3.05, 3.63) is 35.4 Å². The Labute approximate surface area is 149 Å². The van der Waals surface area contributed by atoms with Crippen LogP contribution in [-0.2, 0) is 0 Å². The van der Waals surface area contributed by atoms with Crippen molar-refractivity contribution in [1.29, 1.82) is 0 Å². The van der Waals surface area contributed by atoms with Crippen molar-refractivity contribution < 1.29 is 4.74 Å². The second-order valence-corrected chi connectivity index (χ2v) is 7.55. The molecule has 2 unspecified atom stereocenters. The molecule has 3 aliphatic carbocycles. The normalized spacial score (nSPS) is 27.5. The number of methoxy groups -OCH3 is 1. The van der Waals surface area contributed by atoms with E-state index in [1.165, 1.54) is 17.6 Å². The van der Waals surface area contributed by atoms with Gasteiger partial charge in [-0.2, -0.15) is 5.10 Å². The average Bonchev–Trinajstić information content (AvgIpc) is 2.60. The molecule has 3 fully saturated rings. The molecule has 4 nitrogen and oxygen atoms in total. The molecule has 1 aromatic rings. The number of hydrogen-bond acceptors (Lipinski definition) is 3. The molecule has 128 valence electrons. The van der Waals surface area contributed by atoms with Gasteiger partial charge >= 0.3 is 0 Å². The Hall–Kier alpha value is -1.88. The first kappa shape index (κ1) is 17.0. The molecular weight excluding hydrogens is 318 g/mol. The van der Waals surface area contributed by atoms with Gasteiger partial charge in [-0.3, -0.25) is 5.43 Å². The number of nitrogens with zero attached hydrogens (tertiary/aromatic N) is 1. The summed E-state index contributed by atoms with van der Waals surface area (Å²) >= 11 is 5.17. The van der Waals surface area contributed by atoms with Gasteiger partial charge in [0.2, 0.25) is 0 Å². The predicted molar refractivity (Wildman–Crippen MR) is 103 cm³/mol. The van der Waals surface area contributed by atoms with Gasteiger partial charge in [0, 0.05) is 13.0 Å². The molecule has 2 atom stereocenters. The van der Waals surface area contributed by atoms with Crippen molar-refractivity contribution in [2.24, 2.45) is 22.4 Å². The molecule has 3 saturated carbocycles. The van der Waals surface area contributed by atoms with Crippen molar-refractivity contribution in [2.45, 2.75) is 26.7 Å². The molecule has 2 bridgehead atoms. The van der Waals surface area contributed by atoms with Gasteiger partial charge in [0.05, 0.1) is 12.8 Å². The SMILES string of the molecule is CNC(=S)NN=C1C(=Cc2ccc(OC)cc2)CC2CC1C2(C)C. The minimum atomic E-state index is 0.318. The maximum Gasteiger partial charge on any atom is 0.186 e. The summed E-state index contributed by atoms with van der Waals surface area (Å²) in [5, 5.41) is 8.11. The lowest BCUT2D eigenvalue weighted by Gasteiger charge is -2.57. The quantitative estimate of drug-likeness (QED) is 0.650. The first-order valence-electron chi connectivity index (χ1n) is 8.36. The summed E-state index contributed by atoms with van der Waals surface area (Å²) in [7, 11) is 3.49. The third-order valence-corrected chi connectivity index (χ3v) is 5.85. The van der Waals surface area contributed by atoms with Crippen LogP contribution in [0.4, 0.5) is 0 Å². The molecule has 2 N–H and O–H groups in total. The van der Waals surface area contributed by atoms with Crippen LogP contribution in [0.5, 0.6) is 5.75 Å². The zero-order valence-corrected chi connectivity index (χ0v) is 15.5. The summed E-state index contributed by atoms with van der Waals surface area (Å²) in [6.45, 7) is 4.70. The van der Waals surface area contributed by atoms with Gasteiger partial charge < -0.3 is 10.1 Å². The van der Waals surface area contributed by atoms with E-state index in [2.05, 4.69) is 47.9 Å². The highest BCUT2D eigenvalue weighted by Gasteiger charge is 2.54. The van der Waals surface area contributed by atoms with Crippen molar-refractivity contribution in [2.75, 3.05) is 14.2 Å². The van der Waals surface area contributed by atoms with Gasteiger partial charge in [0.15, 0.2) is 5.11 Å². The molecule has 3 aliphatic rings. The second-order valence-electron chi connectivity index (χ2n) is 7.14. The Bertz CT molecular complexity index is 691. The van der Waals surface area contributed by atoms with E-state index in [4.69, 9.17) is 17.0 Å². The molecule has 1 aromatic carbocycles. The number of benzene rings is 1. The number of hydrazone groups is 1. The Kier molecular flexibility index (Phi) is 4.63. The van der Waals surface area contributed by atoms with Gasteiger partial charge in [0.1, 0.15) is 5.75 Å². The minimum absolute atomic E-state index is 0.318. The molecule has 4 rings (SSSR count). The second kappa shape index (κ2) is 6.55. The highest BCUT2D eigenvalue weighted by Crippen LogP contribution is 2.59. The van der Waals surface area contributed by atoms with Crippen LogP contribution in [0.15, 0.2) is 34.9 Å². The van der Waals surface area contributed by atoms with E-state index in [9.17, 15) is 0 Å². The minimum Gasteiger partial charge on any atom is -0.497 e. The van der Waals surface area contributed by atoms with E-state index < -0.39 is 0 Å². The van der Waals surface area contributed by atoms with Gasteiger partial charge in [-0.05, 0) is 65.7 Å². The lowest BCUT2D eigenvalue weighted by Crippen LogP contribution is -2.54. The number of thiocarbonyl (C=S) groups is 1. The number of nitrogens with one attached hydrogen (secondary N) is 2. The van der Waals surface area contributed by atoms with Crippen LogP contribution in [-0.4, -0.2) is 25.0 Å². The van der Waals surface area contributed by atoms with Crippen molar-refractivity contribution in [3.63, 3.8) is 0 Å². The van der Waals surface area contributed by atoms with Crippen LogP contribution < -0.4 is 15.5 Å². The summed E-state index contributed by atoms with van der Waals surface area (Å²) in [6.07, 6.45) is 4.54. The van der Waals surface area contributed by atoms with E-state index in [0.717, 1.165) is 23.8 Å². The highest BCUT2D eigenvalue weighted by molar-refractivity contribution is 7.80. The van der Waals surface area contributed by atoms with Crippen molar-refractivity contribution >= 4 is 29.1 Å². The lowest BCUT2D eigenvalue weighted by molar-refractivity contribution is 0.0141. The fraction of sp³-hybridized carbons (Fsp3) is 0.474. The third kappa shape index (κ3) is 3.05. The summed E-state index contributed by atoms with van der Waals surface area (Å²) in [6, 6.07) is 8.15. The molecule has 0 spiro atoms. The Balaban J connectivity index is 1.89. The topological polar surface area (TPSA) is 45.7 Å². The standard InChI is InChI=1S/C19H25N3OS/c1-19(2)14-10-13(9-12-5-7-15(23-4)8-6-12)17(16(19)11-14)21-22-18(24)20-3/h5-9,14,16H,10-11H2,1-4H3,(H2,20,22,24). The van der Waals surface area contributed by atoms with Crippen LogP contribution >= 0.6 is 12.2 Å². The Morgan fingerprint density at radius 2 is 2.04 bits per heavy atom. The number of rotatable bonds is 3. The third-order valence-electron chi connectivity index (χ3n) is 5.56. The largest absolute Gasteiger partial charge is 0.497 e. The highest BCUT2D eigenvalue weighted by atomic mass is 32.1. The predicted octanol–water partition coefficient (Wildman–Crippen LogP) is 3.59. The molecule has 0 saturated heterocycles. The summed E-state index contributed by atoms with van der Waals surface area (Å²) in [4.78, 5) is 0. The molecule has 5 heteroatoms. The van der Waals surface area contributed by atoms with E-state index in [1.807, 2.05) is 12.1 Å². The maximum atomic E-state index is 5.23. The number of fused-ring (bicyclic) bond motifs is 2. The first-order valence-corrected chi connectivity index (χ1v) is 8.76. The van der Waals surface area contributed by atoms with Crippen LogP contribution in [0, 0.1) is 17.3 Å². The fourth-order valence-corrected chi connectivity index (χ4v) is 3.82. The maximum absolute atomic E-state index is 5.23. The van der Waals surface area contributed by atoms with Gasteiger partial charge in [-0.1, -0.05) is 26.0 Å². The summed E-state index contributed by atoms with van der Waals surface area (Å²) in [5.41, 5.74) is 6.93. The Morgan fingerprint density at radius 1 is 1.33 bits per heavy atom. The van der Waals surface area contributed by atoms with Crippen molar-refractivity contribution in [1.82, 2.24) is 10.7 Å². The number of ether oxygens (including phenoxy) is 1. The molecule has 0 amide bonds.